The SMILES string of the molecule is C/C(=N/NC(=O)Cn1c(C(F)(F)F)nc2ccccc21)c1ccc(C#N)cc1. The topological polar surface area (TPSA) is 83.1 Å². The van der Waals surface area contributed by atoms with Crippen molar-refractivity contribution in [3.8, 4) is 6.07 Å². The number of nitrogens with one attached hydrogen (secondary N) is 1. The predicted molar refractivity (Wildman–Crippen MR) is 96.2 cm³/mol. The molecule has 0 saturated carbocycles. The molecule has 3 aromatic rings. The number of rotatable bonds is 4. The standard InChI is InChI=1S/C19H14F3N5O/c1-12(14-8-6-13(10-23)7-9-14)25-26-17(28)11-27-16-5-3-2-4-15(16)24-18(27)19(20,21)22/h2-9H,11H2,1H3,(H,26,28)/b25-12-. The Labute approximate surface area is 157 Å². The molecule has 0 fully saturated rings. The minimum absolute atomic E-state index is 0.153. The number of carbonyl (C=O) groups excluding carboxylic acids is 1. The molecule has 1 N–H and O–H groups in total. The Morgan fingerprint density at radius 3 is 2.54 bits per heavy atom. The highest BCUT2D eigenvalue weighted by molar-refractivity contribution is 5.99. The van der Waals surface area contributed by atoms with Crippen molar-refractivity contribution in [3.05, 3.63) is 65.5 Å². The summed E-state index contributed by atoms with van der Waals surface area (Å²) < 4.78 is 40.6. The van der Waals surface area contributed by atoms with Crippen LogP contribution in [0, 0.1) is 11.3 Å². The molecular weight excluding hydrogens is 371 g/mol. The maximum Gasteiger partial charge on any atom is 0.449 e. The van der Waals surface area contributed by atoms with Crippen LogP contribution < -0.4 is 5.43 Å². The van der Waals surface area contributed by atoms with Crippen molar-refractivity contribution in [2.45, 2.75) is 19.6 Å². The second-order valence-electron chi connectivity index (χ2n) is 5.93. The van der Waals surface area contributed by atoms with Gasteiger partial charge in [0.25, 0.3) is 5.91 Å². The number of nitrogens with zero attached hydrogens (tertiary/aromatic N) is 4. The van der Waals surface area contributed by atoms with Gasteiger partial charge >= 0.3 is 6.18 Å². The van der Waals surface area contributed by atoms with Crippen LogP contribution in [0.3, 0.4) is 0 Å². The van der Waals surface area contributed by atoms with Gasteiger partial charge in [-0.3, -0.25) is 4.79 Å². The average Bonchev–Trinajstić information content (AvgIpc) is 3.05. The summed E-state index contributed by atoms with van der Waals surface area (Å²) in [6, 6.07) is 14.6. The maximum atomic E-state index is 13.3. The lowest BCUT2D eigenvalue weighted by molar-refractivity contribution is -0.147. The number of hydrazone groups is 1. The molecule has 1 aromatic heterocycles. The number of para-hydroxylation sites is 2. The van der Waals surface area contributed by atoms with Crippen molar-refractivity contribution in [2.75, 3.05) is 0 Å². The van der Waals surface area contributed by atoms with Crippen LogP contribution in [-0.4, -0.2) is 21.2 Å². The van der Waals surface area contributed by atoms with Gasteiger partial charge in [0.15, 0.2) is 0 Å². The van der Waals surface area contributed by atoms with Crippen LogP contribution >= 0.6 is 0 Å². The summed E-state index contributed by atoms with van der Waals surface area (Å²) in [7, 11) is 0. The maximum absolute atomic E-state index is 13.3. The molecule has 0 atom stereocenters. The smallest absolute Gasteiger partial charge is 0.311 e. The largest absolute Gasteiger partial charge is 0.449 e. The summed E-state index contributed by atoms with van der Waals surface area (Å²) in [5.41, 5.74) is 4.22. The molecule has 0 spiro atoms. The molecule has 0 saturated heterocycles. The number of fused-ring (bicyclic) bond motifs is 1. The summed E-state index contributed by atoms with van der Waals surface area (Å²) in [4.78, 5) is 15.8. The molecular formula is C19H14F3N5O. The first-order valence-corrected chi connectivity index (χ1v) is 8.15. The van der Waals surface area contributed by atoms with Gasteiger partial charge in [0, 0.05) is 0 Å². The van der Waals surface area contributed by atoms with E-state index in [9.17, 15) is 18.0 Å². The number of hydrogen-bond acceptors (Lipinski definition) is 4. The number of nitriles is 1. The van der Waals surface area contributed by atoms with E-state index in [-0.39, 0.29) is 11.0 Å². The number of halogens is 3. The summed E-state index contributed by atoms with van der Waals surface area (Å²) >= 11 is 0. The van der Waals surface area contributed by atoms with Gasteiger partial charge < -0.3 is 4.57 Å². The quantitative estimate of drug-likeness (QED) is 0.551. The molecule has 0 bridgehead atoms. The second kappa shape index (κ2) is 7.52. The van der Waals surface area contributed by atoms with Crippen molar-refractivity contribution in [2.24, 2.45) is 5.10 Å². The van der Waals surface area contributed by atoms with Gasteiger partial charge in [-0.2, -0.15) is 23.5 Å². The van der Waals surface area contributed by atoms with Crippen molar-refractivity contribution in [1.29, 1.82) is 5.26 Å². The van der Waals surface area contributed by atoms with E-state index in [2.05, 4.69) is 15.5 Å². The summed E-state index contributed by atoms with van der Waals surface area (Å²) in [6.45, 7) is 1.05. The molecule has 2 aromatic carbocycles. The molecule has 1 heterocycles. The fourth-order valence-corrected chi connectivity index (χ4v) is 2.63. The average molecular weight is 385 g/mol. The Bertz CT molecular complexity index is 1090. The molecule has 1 amide bonds. The van der Waals surface area contributed by atoms with Gasteiger partial charge in [-0.05, 0) is 36.8 Å². The molecule has 9 heteroatoms. The van der Waals surface area contributed by atoms with Crippen molar-refractivity contribution in [1.82, 2.24) is 15.0 Å². The zero-order chi connectivity index (χ0) is 20.3. The fourth-order valence-electron chi connectivity index (χ4n) is 2.63. The molecule has 0 aliphatic carbocycles. The minimum atomic E-state index is -4.69. The normalized spacial score (nSPS) is 12.0. The van der Waals surface area contributed by atoms with E-state index < -0.39 is 24.5 Å². The van der Waals surface area contributed by atoms with Crippen molar-refractivity contribution >= 4 is 22.7 Å². The molecule has 0 radical (unpaired) electrons. The first-order valence-electron chi connectivity index (χ1n) is 8.15. The van der Waals surface area contributed by atoms with Gasteiger partial charge in [-0.1, -0.05) is 24.3 Å². The number of amides is 1. The van der Waals surface area contributed by atoms with E-state index in [1.54, 1.807) is 43.3 Å². The lowest BCUT2D eigenvalue weighted by atomic mass is 10.1. The zero-order valence-electron chi connectivity index (χ0n) is 14.7. The van der Waals surface area contributed by atoms with Crippen LogP contribution in [0.4, 0.5) is 13.2 Å². The number of alkyl halides is 3. The van der Waals surface area contributed by atoms with Gasteiger partial charge in [-0.15, -0.1) is 0 Å². The van der Waals surface area contributed by atoms with Crippen LogP contribution in [0.25, 0.3) is 11.0 Å². The highest BCUT2D eigenvalue weighted by Crippen LogP contribution is 2.31. The van der Waals surface area contributed by atoms with Gasteiger partial charge in [0.05, 0.1) is 28.4 Å². The van der Waals surface area contributed by atoms with E-state index in [0.717, 1.165) is 4.57 Å². The Kier molecular flexibility index (Phi) is 5.13. The van der Waals surface area contributed by atoms with Crippen LogP contribution in [0.5, 0.6) is 0 Å². The summed E-state index contributed by atoms with van der Waals surface area (Å²) in [5.74, 6) is -1.86. The number of imidazole rings is 1. The predicted octanol–water partition coefficient (Wildman–Crippen LogP) is 3.47. The van der Waals surface area contributed by atoms with Crippen molar-refractivity contribution in [3.63, 3.8) is 0 Å². The molecule has 0 aliphatic rings. The van der Waals surface area contributed by atoms with Gasteiger partial charge in [0.1, 0.15) is 6.54 Å². The molecule has 142 valence electrons. The van der Waals surface area contributed by atoms with E-state index in [0.29, 0.717) is 16.8 Å². The third-order valence-corrected chi connectivity index (χ3v) is 3.99. The number of hydrogen-bond donors (Lipinski definition) is 1. The Hall–Kier alpha value is -3.67. The number of carbonyl (C=O) groups is 1. The minimum Gasteiger partial charge on any atom is -0.311 e. The van der Waals surface area contributed by atoms with Crippen LogP contribution in [0.2, 0.25) is 0 Å². The molecule has 0 aliphatic heterocycles. The van der Waals surface area contributed by atoms with E-state index >= 15 is 0 Å². The number of benzene rings is 2. The van der Waals surface area contributed by atoms with E-state index in [1.807, 2.05) is 6.07 Å². The van der Waals surface area contributed by atoms with Gasteiger partial charge in [0.2, 0.25) is 5.82 Å². The Morgan fingerprint density at radius 1 is 1.21 bits per heavy atom. The third kappa shape index (κ3) is 4.01. The Balaban J connectivity index is 1.80. The third-order valence-electron chi connectivity index (χ3n) is 3.99. The first kappa shape index (κ1) is 19.1. The van der Waals surface area contributed by atoms with E-state index in [4.69, 9.17) is 5.26 Å². The molecule has 3 rings (SSSR count). The zero-order valence-corrected chi connectivity index (χ0v) is 14.7. The summed E-state index contributed by atoms with van der Waals surface area (Å²) in [5, 5.41) is 12.7. The highest BCUT2D eigenvalue weighted by atomic mass is 19.4. The monoisotopic (exact) mass is 385 g/mol. The first-order chi connectivity index (χ1) is 13.3. The van der Waals surface area contributed by atoms with Crippen LogP contribution in [0.1, 0.15) is 23.9 Å². The lowest BCUT2D eigenvalue weighted by Crippen LogP contribution is -2.27. The van der Waals surface area contributed by atoms with Crippen molar-refractivity contribution < 1.29 is 18.0 Å². The summed E-state index contributed by atoms with van der Waals surface area (Å²) in [6.07, 6.45) is -4.69. The van der Waals surface area contributed by atoms with Crippen LogP contribution in [-0.2, 0) is 17.5 Å². The molecule has 0 unspecified atom stereocenters. The second-order valence-corrected chi connectivity index (χ2v) is 5.93. The van der Waals surface area contributed by atoms with Crippen LogP contribution in [0.15, 0.2) is 53.6 Å². The van der Waals surface area contributed by atoms with Gasteiger partial charge in [-0.25, -0.2) is 10.4 Å². The molecule has 6 nitrogen and oxygen atoms in total. The fraction of sp³-hybridized carbons (Fsp3) is 0.158. The number of aromatic nitrogens is 2. The van der Waals surface area contributed by atoms with E-state index in [1.165, 1.54) is 12.1 Å². The highest BCUT2D eigenvalue weighted by Gasteiger charge is 2.37. The Morgan fingerprint density at radius 2 is 1.89 bits per heavy atom. The lowest BCUT2D eigenvalue weighted by Gasteiger charge is -2.10. The molecule has 28 heavy (non-hydrogen) atoms.